The summed E-state index contributed by atoms with van der Waals surface area (Å²) in [5.41, 5.74) is 1.62. The number of carbonyl (C=O) groups is 1. The summed E-state index contributed by atoms with van der Waals surface area (Å²) in [4.78, 5) is 16.6. The van der Waals surface area contributed by atoms with Gasteiger partial charge in [-0.1, -0.05) is 45.7 Å². The second kappa shape index (κ2) is 7.20. The highest BCUT2D eigenvalue weighted by Gasteiger charge is 2.49. The van der Waals surface area contributed by atoms with Crippen LogP contribution in [0.25, 0.3) is 0 Å². The van der Waals surface area contributed by atoms with Crippen LogP contribution in [0.15, 0.2) is 53.0 Å². The van der Waals surface area contributed by atoms with Crippen molar-refractivity contribution in [3.05, 3.63) is 63.6 Å². The molecule has 2 aromatic carbocycles. The van der Waals surface area contributed by atoms with Crippen LogP contribution in [0.3, 0.4) is 0 Å². The maximum absolute atomic E-state index is 13.0. The van der Waals surface area contributed by atoms with Gasteiger partial charge in [-0.15, -0.1) is 0 Å². The van der Waals surface area contributed by atoms with E-state index in [9.17, 15) is 13.2 Å². The van der Waals surface area contributed by atoms with Gasteiger partial charge in [-0.05, 0) is 35.9 Å². The van der Waals surface area contributed by atoms with E-state index in [1.54, 1.807) is 11.0 Å². The fourth-order valence-electron chi connectivity index (χ4n) is 3.91. The summed E-state index contributed by atoms with van der Waals surface area (Å²) < 4.78 is 25.7. The molecule has 2 heterocycles. The minimum absolute atomic E-state index is 0.0154. The molecule has 0 N–H and O–H groups in total. The highest BCUT2D eigenvalue weighted by molar-refractivity contribution is 9.10. The summed E-state index contributed by atoms with van der Waals surface area (Å²) in [6.45, 7) is 0.619. The predicted octanol–water partition coefficient (Wildman–Crippen LogP) is 3.12. The molecular formula is C19H18BrClN2O3S. The van der Waals surface area contributed by atoms with Gasteiger partial charge in [0.2, 0.25) is 5.91 Å². The van der Waals surface area contributed by atoms with Gasteiger partial charge < -0.3 is 4.90 Å². The number of halogens is 2. The van der Waals surface area contributed by atoms with E-state index in [1.807, 2.05) is 47.4 Å². The second-order valence-corrected chi connectivity index (χ2v) is 10.4. The molecule has 2 atom stereocenters. The maximum atomic E-state index is 13.0. The number of rotatable bonds is 3. The van der Waals surface area contributed by atoms with Crippen LogP contribution < -0.4 is 4.90 Å². The molecular weight excluding hydrogens is 452 g/mol. The maximum Gasteiger partial charge on any atom is 0.241 e. The monoisotopic (exact) mass is 468 g/mol. The van der Waals surface area contributed by atoms with Crippen molar-refractivity contribution >= 4 is 49.0 Å². The van der Waals surface area contributed by atoms with Crippen LogP contribution in [0.1, 0.15) is 5.56 Å². The first-order chi connectivity index (χ1) is 12.8. The molecule has 0 radical (unpaired) electrons. The first-order valence-electron chi connectivity index (χ1n) is 8.59. The molecule has 27 heavy (non-hydrogen) atoms. The normalized spacial score (nSPS) is 24.8. The summed E-state index contributed by atoms with van der Waals surface area (Å²) >= 11 is 9.67. The third kappa shape index (κ3) is 3.78. The molecule has 0 bridgehead atoms. The Morgan fingerprint density at radius 1 is 1.04 bits per heavy atom. The van der Waals surface area contributed by atoms with Crippen LogP contribution in [-0.4, -0.2) is 49.4 Å². The molecule has 2 aliphatic rings. The van der Waals surface area contributed by atoms with E-state index in [4.69, 9.17) is 11.6 Å². The van der Waals surface area contributed by atoms with Crippen LogP contribution in [0.2, 0.25) is 5.02 Å². The lowest BCUT2D eigenvalue weighted by Crippen LogP contribution is -2.61. The topological polar surface area (TPSA) is 57.7 Å². The van der Waals surface area contributed by atoms with Crippen molar-refractivity contribution in [2.24, 2.45) is 0 Å². The number of benzene rings is 2. The van der Waals surface area contributed by atoms with Crippen molar-refractivity contribution < 1.29 is 13.2 Å². The highest BCUT2D eigenvalue weighted by atomic mass is 79.9. The molecule has 4 rings (SSSR count). The van der Waals surface area contributed by atoms with Crippen molar-refractivity contribution in [2.45, 2.75) is 18.6 Å². The number of nitrogens with zero attached hydrogens (tertiary/aromatic N) is 2. The van der Waals surface area contributed by atoms with Crippen molar-refractivity contribution in [1.29, 1.82) is 0 Å². The van der Waals surface area contributed by atoms with Crippen LogP contribution in [0, 0.1) is 0 Å². The number of amides is 1. The molecule has 0 saturated carbocycles. The fourth-order valence-corrected chi connectivity index (χ4v) is 6.35. The summed E-state index contributed by atoms with van der Waals surface area (Å²) in [6, 6.07) is 14.2. The van der Waals surface area contributed by atoms with E-state index in [1.165, 1.54) is 0 Å². The summed E-state index contributed by atoms with van der Waals surface area (Å²) in [7, 11) is -3.21. The van der Waals surface area contributed by atoms with Crippen molar-refractivity contribution in [3.63, 3.8) is 0 Å². The Bertz CT molecular complexity index is 981. The van der Waals surface area contributed by atoms with E-state index in [2.05, 4.69) is 15.9 Å². The van der Waals surface area contributed by atoms with E-state index >= 15 is 0 Å². The molecule has 2 aliphatic heterocycles. The second-order valence-electron chi connectivity index (χ2n) is 6.95. The molecule has 8 heteroatoms. The molecule has 0 unspecified atom stereocenters. The molecule has 2 fully saturated rings. The molecule has 2 saturated heterocycles. The lowest BCUT2D eigenvalue weighted by molar-refractivity contribution is -0.123. The summed E-state index contributed by atoms with van der Waals surface area (Å²) in [6.07, 6.45) is 0. The SMILES string of the molecule is O=C1CN(Cc2ccccc2Cl)[C@@H]2CS(=O)(=O)C[C@@H]2N1c1ccc(Br)cc1. The first-order valence-corrected chi connectivity index (χ1v) is 11.6. The van der Waals surface area contributed by atoms with Crippen LogP contribution >= 0.6 is 27.5 Å². The highest BCUT2D eigenvalue weighted by Crippen LogP contribution is 2.33. The Morgan fingerprint density at radius 3 is 2.41 bits per heavy atom. The average Bonchev–Trinajstić information content (AvgIpc) is 2.93. The molecule has 5 nitrogen and oxygen atoms in total. The number of sulfone groups is 1. The van der Waals surface area contributed by atoms with Crippen molar-refractivity contribution in [3.8, 4) is 0 Å². The zero-order valence-electron chi connectivity index (χ0n) is 14.4. The molecule has 2 aromatic rings. The molecule has 0 aromatic heterocycles. The van der Waals surface area contributed by atoms with Crippen LogP contribution in [0.4, 0.5) is 5.69 Å². The Morgan fingerprint density at radius 2 is 1.70 bits per heavy atom. The van der Waals surface area contributed by atoms with Gasteiger partial charge in [0, 0.05) is 27.8 Å². The van der Waals surface area contributed by atoms with E-state index in [-0.39, 0.29) is 36.0 Å². The Kier molecular flexibility index (Phi) is 5.05. The average molecular weight is 470 g/mol. The summed E-state index contributed by atoms with van der Waals surface area (Å²) in [5, 5.41) is 0.623. The van der Waals surface area contributed by atoms with Crippen LogP contribution in [0.5, 0.6) is 0 Å². The van der Waals surface area contributed by atoms with Gasteiger partial charge in [-0.2, -0.15) is 0 Å². The number of carbonyl (C=O) groups excluding carboxylic acids is 1. The molecule has 1 amide bonds. The minimum Gasteiger partial charge on any atom is -0.306 e. The lowest BCUT2D eigenvalue weighted by atomic mass is 10.0. The van der Waals surface area contributed by atoms with Crippen LogP contribution in [-0.2, 0) is 21.2 Å². The van der Waals surface area contributed by atoms with E-state index in [0.29, 0.717) is 11.6 Å². The number of fused-ring (bicyclic) bond motifs is 1. The fraction of sp³-hybridized carbons (Fsp3) is 0.316. The number of hydrogen-bond donors (Lipinski definition) is 0. The van der Waals surface area contributed by atoms with E-state index < -0.39 is 9.84 Å². The quantitative estimate of drug-likeness (QED) is 0.693. The third-order valence-electron chi connectivity index (χ3n) is 5.14. The molecule has 0 aliphatic carbocycles. The van der Waals surface area contributed by atoms with Gasteiger partial charge in [0.15, 0.2) is 9.84 Å². The van der Waals surface area contributed by atoms with Crippen molar-refractivity contribution in [2.75, 3.05) is 23.0 Å². The Labute approximate surface area is 172 Å². The van der Waals surface area contributed by atoms with Crippen molar-refractivity contribution in [1.82, 2.24) is 4.90 Å². The lowest BCUT2D eigenvalue weighted by Gasteiger charge is -2.43. The number of piperazine rings is 1. The van der Waals surface area contributed by atoms with Gasteiger partial charge in [-0.3, -0.25) is 9.69 Å². The third-order valence-corrected chi connectivity index (χ3v) is 7.73. The largest absolute Gasteiger partial charge is 0.306 e. The standard InChI is InChI=1S/C19H18BrClN2O3S/c20-14-5-7-15(8-6-14)23-18-12-27(25,26)11-17(18)22(10-19(23)24)9-13-3-1-2-4-16(13)21/h1-8,17-18H,9-12H2/t17-,18+/m1/s1. The smallest absolute Gasteiger partial charge is 0.241 e. The predicted molar refractivity (Wildman–Crippen MR) is 110 cm³/mol. The van der Waals surface area contributed by atoms with Gasteiger partial charge in [0.05, 0.1) is 24.1 Å². The first kappa shape index (κ1) is 18.9. The number of anilines is 1. The Hall–Kier alpha value is -1.41. The Balaban J connectivity index is 1.68. The summed E-state index contributed by atoms with van der Waals surface area (Å²) in [5.74, 6) is -0.0521. The van der Waals surface area contributed by atoms with Gasteiger partial charge in [-0.25, -0.2) is 8.42 Å². The molecule has 142 valence electrons. The zero-order valence-corrected chi connectivity index (χ0v) is 17.5. The zero-order chi connectivity index (χ0) is 19.2. The minimum atomic E-state index is -3.21. The van der Waals surface area contributed by atoms with Gasteiger partial charge >= 0.3 is 0 Å². The van der Waals surface area contributed by atoms with Gasteiger partial charge in [0.1, 0.15) is 0 Å². The molecule has 0 spiro atoms. The van der Waals surface area contributed by atoms with E-state index in [0.717, 1.165) is 15.7 Å². The number of hydrogen-bond acceptors (Lipinski definition) is 4. The van der Waals surface area contributed by atoms with Gasteiger partial charge in [0.25, 0.3) is 0 Å².